The summed E-state index contributed by atoms with van der Waals surface area (Å²) < 4.78 is 38.0. The number of rotatable bonds is 7. The van der Waals surface area contributed by atoms with Crippen LogP contribution in [0.5, 0.6) is 11.5 Å². The zero-order chi connectivity index (χ0) is 24.0. The van der Waals surface area contributed by atoms with Gasteiger partial charge in [-0.1, -0.05) is 29.8 Å². The van der Waals surface area contributed by atoms with Gasteiger partial charge in [0, 0.05) is 23.7 Å². The van der Waals surface area contributed by atoms with Gasteiger partial charge in [0.25, 0.3) is 5.91 Å². The van der Waals surface area contributed by atoms with E-state index < -0.39 is 15.9 Å². The zero-order valence-corrected chi connectivity index (χ0v) is 19.6. The van der Waals surface area contributed by atoms with E-state index in [1.165, 1.54) is 34.8 Å². The van der Waals surface area contributed by atoms with E-state index in [1.54, 1.807) is 48.5 Å². The van der Waals surface area contributed by atoms with Crippen LogP contribution in [0.25, 0.3) is 0 Å². The van der Waals surface area contributed by atoms with Crippen molar-refractivity contribution in [3.05, 3.63) is 88.9 Å². The Morgan fingerprint density at radius 2 is 1.74 bits per heavy atom. The maximum atomic E-state index is 12.8. The summed E-state index contributed by atoms with van der Waals surface area (Å²) in [5.41, 5.74) is 3.32. The standard InChI is InChI=1S/C24H22ClN3O5S/c25-20-7-9-21(10-8-20)33-22-5-1-3-18(15-22)17-26-27-24(29)19-4-2-6-23(16-19)34(30,31)28-11-13-32-14-12-28/h1-10,15-17H,11-14H2,(H,27,29). The molecule has 0 saturated carbocycles. The van der Waals surface area contributed by atoms with E-state index in [-0.39, 0.29) is 23.5 Å². The normalized spacial score (nSPS) is 14.7. The van der Waals surface area contributed by atoms with Gasteiger partial charge in [0.15, 0.2) is 0 Å². The molecule has 1 heterocycles. The Morgan fingerprint density at radius 3 is 2.50 bits per heavy atom. The molecule has 1 fully saturated rings. The highest BCUT2D eigenvalue weighted by atomic mass is 35.5. The fourth-order valence-electron chi connectivity index (χ4n) is 3.26. The van der Waals surface area contributed by atoms with Crippen LogP contribution >= 0.6 is 11.6 Å². The highest BCUT2D eigenvalue weighted by Gasteiger charge is 2.26. The van der Waals surface area contributed by atoms with E-state index >= 15 is 0 Å². The van der Waals surface area contributed by atoms with Crippen molar-refractivity contribution >= 4 is 33.7 Å². The van der Waals surface area contributed by atoms with Crippen LogP contribution in [0.3, 0.4) is 0 Å². The smallest absolute Gasteiger partial charge is 0.271 e. The van der Waals surface area contributed by atoms with Crippen molar-refractivity contribution in [3.8, 4) is 11.5 Å². The first-order valence-corrected chi connectivity index (χ1v) is 12.3. The van der Waals surface area contributed by atoms with Gasteiger partial charge in [-0.3, -0.25) is 4.79 Å². The van der Waals surface area contributed by atoms with Crippen LogP contribution in [0, 0.1) is 0 Å². The summed E-state index contributed by atoms with van der Waals surface area (Å²) in [6, 6.07) is 20.0. The van der Waals surface area contributed by atoms with Crippen molar-refractivity contribution in [2.24, 2.45) is 5.10 Å². The molecule has 0 aromatic heterocycles. The number of hydrogen-bond acceptors (Lipinski definition) is 6. The lowest BCUT2D eigenvalue weighted by atomic mass is 10.2. The summed E-state index contributed by atoms with van der Waals surface area (Å²) in [5.74, 6) is 0.709. The molecule has 8 nitrogen and oxygen atoms in total. The minimum absolute atomic E-state index is 0.0538. The van der Waals surface area contributed by atoms with Crippen molar-refractivity contribution in [1.82, 2.24) is 9.73 Å². The Morgan fingerprint density at radius 1 is 1.00 bits per heavy atom. The summed E-state index contributed by atoms with van der Waals surface area (Å²) in [4.78, 5) is 12.6. The number of hydrazone groups is 1. The van der Waals surface area contributed by atoms with Crippen molar-refractivity contribution in [3.63, 3.8) is 0 Å². The Hall–Kier alpha value is -3.24. The summed E-state index contributed by atoms with van der Waals surface area (Å²) in [6.07, 6.45) is 1.47. The van der Waals surface area contributed by atoms with E-state index in [4.69, 9.17) is 21.1 Å². The van der Waals surface area contributed by atoms with Crippen LogP contribution in [0.1, 0.15) is 15.9 Å². The Balaban J connectivity index is 1.40. The Labute approximate surface area is 202 Å². The van der Waals surface area contributed by atoms with Crippen LogP contribution in [0.2, 0.25) is 5.02 Å². The molecule has 0 atom stereocenters. The number of ether oxygens (including phenoxy) is 2. The molecule has 0 radical (unpaired) electrons. The van der Waals surface area contributed by atoms with E-state index in [0.717, 1.165) is 0 Å². The molecule has 0 spiro atoms. The van der Waals surface area contributed by atoms with Gasteiger partial charge >= 0.3 is 0 Å². The summed E-state index contributed by atoms with van der Waals surface area (Å²) in [7, 11) is -3.70. The number of morpholine rings is 1. The highest BCUT2D eigenvalue weighted by molar-refractivity contribution is 7.89. The predicted molar refractivity (Wildman–Crippen MR) is 129 cm³/mol. The number of carbonyl (C=O) groups excluding carboxylic acids is 1. The summed E-state index contributed by atoms with van der Waals surface area (Å²) in [6.45, 7) is 1.26. The van der Waals surface area contributed by atoms with Gasteiger partial charge in [-0.15, -0.1) is 0 Å². The van der Waals surface area contributed by atoms with Crippen molar-refractivity contribution in [2.75, 3.05) is 26.3 Å². The van der Waals surface area contributed by atoms with Gasteiger partial charge in [0.2, 0.25) is 10.0 Å². The van der Waals surface area contributed by atoms with E-state index in [2.05, 4.69) is 10.5 Å². The van der Waals surface area contributed by atoms with Crippen molar-refractivity contribution in [2.45, 2.75) is 4.90 Å². The first-order valence-electron chi connectivity index (χ1n) is 10.5. The lowest BCUT2D eigenvalue weighted by Crippen LogP contribution is -2.40. The molecule has 3 aromatic carbocycles. The molecule has 1 N–H and O–H groups in total. The SMILES string of the molecule is O=C(NN=Cc1cccc(Oc2ccc(Cl)cc2)c1)c1cccc(S(=O)(=O)N2CCOCC2)c1. The van der Waals surface area contributed by atoms with Crippen LogP contribution in [-0.4, -0.2) is 51.1 Å². The third-order valence-electron chi connectivity index (χ3n) is 4.99. The molecule has 3 aromatic rings. The average molecular weight is 500 g/mol. The number of halogens is 1. The largest absolute Gasteiger partial charge is 0.457 e. The fourth-order valence-corrected chi connectivity index (χ4v) is 4.84. The number of nitrogens with one attached hydrogen (secondary N) is 1. The number of sulfonamides is 1. The molecular weight excluding hydrogens is 478 g/mol. The molecule has 4 rings (SSSR count). The second kappa shape index (κ2) is 10.8. The molecule has 1 aliphatic rings. The van der Waals surface area contributed by atoms with Crippen LogP contribution in [-0.2, 0) is 14.8 Å². The molecule has 1 aliphatic heterocycles. The number of benzene rings is 3. The molecule has 176 valence electrons. The number of carbonyl (C=O) groups is 1. The Bertz CT molecular complexity index is 1290. The topological polar surface area (TPSA) is 97.3 Å². The minimum Gasteiger partial charge on any atom is -0.457 e. The summed E-state index contributed by atoms with van der Waals surface area (Å²) in [5, 5.41) is 4.60. The fraction of sp³-hybridized carbons (Fsp3) is 0.167. The van der Waals surface area contributed by atoms with Crippen molar-refractivity contribution in [1.29, 1.82) is 0 Å². The van der Waals surface area contributed by atoms with Gasteiger partial charge < -0.3 is 9.47 Å². The molecular formula is C24H22ClN3O5S. The molecule has 0 aliphatic carbocycles. The second-order valence-corrected chi connectivity index (χ2v) is 9.75. The van der Waals surface area contributed by atoms with E-state index in [0.29, 0.717) is 35.3 Å². The quantitative estimate of drug-likeness (QED) is 0.392. The predicted octanol–water partition coefficient (Wildman–Crippen LogP) is 3.92. The first kappa shape index (κ1) is 23.9. The highest BCUT2D eigenvalue weighted by Crippen LogP contribution is 2.23. The maximum Gasteiger partial charge on any atom is 0.271 e. The zero-order valence-electron chi connectivity index (χ0n) is 18.1. The van der Waals surface area contributed by atoms with Gasteiger partial charge in [-0.25, -0.2) is 13.8 Å². The second-order valence-electron chi connectivity index (χ2n) is 7.37. The molecule has 10 heteroatoms. The number of amides is 1. The van der Waals surface area contributed by atoms with Crippen LogP contribution in [0.4, 0.5) is 0 Å². The van der Waals surface area contributed by atoms with E-state index in [1.807, 2.05) is 0 Å². The number of hydrogen-bond donors (Lipinski definition) is 1. The van der Waals surface area contributed by atoms with Crippen LogP contribution in [0.15, 0.2) is 82.8 Å². The van der Waals surface area contributed by atoms with Gasteiger partial charge in [0.1, 0.15) is 11.5 Å². The van der Waals surface area contributed by atoms with Crippen LogP contribution < -0.4 is 10.2 Å². The van der Waals surface area contributed by atoms with Crippen molar-refractivity contribution < 1.29 is 22.7 Å². The summed E-state index contributed by atoms with van der Waals surface area (Å²) >= 11 is 5.89. The molecule has 34 heavy (non-hydrogen) atoms. The maximum absolute atomic E-state index is 12.8. The number of nitrogens with zero attached hydrogens (tertiary/aromatic N) is 2. The molecule has 1 amide bonds. The molecule has 1 saturated heterocycles. The molecule has 0 bridgehead atoms. The minimum atomic E-state index is -3.70. The van der Waals surface area contributed by atoms with Gasteiger partial charge in [-0.05, 0) is 60.2 Å². The Kier molecular flexibility index (Phi) is 7.59. The van der Waals surface area contributed by atoms with Gasteiger partial charge in [0.05, 0.1) is 24.3 Å². The van der Waals surface area contributed by atoms with Gasteiger partial charge in [-0.2, -0.15) is 9.41 Å². The lowest BCUT2D eigenvalue weighted by molar-refractivity contribution is 0.0730. The third kappa shape index (κ3) is 6.00. The first-order chi connectivity index (χ1) is 16.4. The molecule has 0 unspecified atom stereocenters. The lowest BCUT2D eigenvalue weighted by Gasteiger charge is -2.26. The van der Waals surface area contributed by atoms with E-state index in [9.17, 15) is 13.2 Å². The average Bonchev–Trinajstić information content (AvgIpc) is 2.86. The monoisotopic (exact) mass is 499 g/mol. The third-order valence-corrected chi connectivity index (χ3v) is 7.14.